The number of ether oxygens (including phenoxy) is 1. The van der Waals surface area contributed by atoms with Crippen LogP contribution in [0.4, 0.5) is 0 Å². The minimum absolute atomic E-state index is 0.00865. The lowest BCUT2D eigenvalue weighted by atomic mass is 10.0. The molecule has 0 spiro atoms. The predicted octanol–water partition coefficient (Wildman–Crippen LogP) is 2.42. The van der Waals surface area contributed by atoms with Gasteiger partial charge in [0.15, 0.2) is 0 Å². The lowest BCUT2D eigenvalue weighted by molar-refractivity contribution is -0.141. The first-order valence-corrected chi connectivity index (χ1v) is 7.42. The molecular formula is C16H18ClN3O3. The van der Waals surface area contributed by atoms with E-state index in [0.717, 1.165) is 5.69 Å². The smallest absolute Gasteiger partial charge is 0.307 e. The van der Waals surface area contributed by atoms with Crippen molar-refractivity contribution in [3.8, 4) is 0 Å². The normalized spacial score (nSPS) is 11.8. The van der Waals surface area contributed by atoms with Crippen LogP contribution >= 0.6 is 11.6 Å². The second-order valence-electron chi connectivity index (χ2n) is 5.10. The molecular weight excluding hydrogens is 318 g/mol. The predicted molar refractivity (Wildman–Crippen MR) is 86.2 cm³/mol. The number of esters is 1. The molecule has 6 nitrogen and oxygen atoms in total. The number of nitrogens with zero attached hydrogens (tertiary/aromatic N) is 2. The monoisotopic (exact) mass is 335 g/mol. The van der Waals surface area contributed by atoms with Crippen molar-refractivity contribution in [2.75, 3.05) is 7.11 Å². The van der Waals surface area contributed by atoms with Crippen LogP contribution in [0.5, 0.6) is 0 Å². The van der Waals surface area contributed by atoms with E-state index in [4.69, 9.17) is 16.3 Å². The average Bonchev–Trinajstić information content (AvgIpc) is 2.86. The third-order valence-electron chi connectivity index (χ3n) is 3.66. The van der Waals surface area contributed by atoms with Gasteiger partial charge in [0.1, 0.15) is 0 Å². The molecule has 23 heavy (non-hydrogen) atoms. The van der Waals surface area contributed by atoms with Gasteiger partial charge in [-0.25, -0.2) is 0 Å². The third kappa shape index (κ3) is 3.90. The average molecular weight is 336 g/mol. The van der Waals surface area contributed by atoms with Crippen LogP contribution in [0.3, 0.4) is 0 Å². The van der Waals surface area contributed by atoms with Crippen LogP contribution in [0.1, 0.15) is 34.1 Å². The Morgan fingerprint density at radius 1 is 1.39 bits per heavy atom. The van der Waals surface area contributed by atoms with Gasteiger partial charge in [-0.05, 0) is 18.6 Å². The van der Waals surface area contributed by atoms with Crippen LogP contribution < -0.4 is 5.32 Å². The molecule has 0 bridgehead atoms. The van der Waals surface area contributed by atoms with Gasteiger partial charge in [-0.15, -0.1) is 0 Å². The minimum Gasteiger partial charge on any atom is -0.469 e. The van der Waals surface area contributed by atoms with Crippen molar-refractivity contribution in [1.82, 2.24) is 15.1 Å². The number of aryl methyl sites for hydroxylation is 1. The van der Waals surface area contributed by atoms with E-state index in [-0.39, 0.29) is 12.3 Å². The second-order valence-corrected chi connectivity index (χ2v) is 5.50. The Balaban J connectivity index is 2.28. The molecule has 0 radical (unpaired) electrons. The van der Waals surface area contributed by atoms with Gasteiger partial charge in [-0.3, -0.25) is 14.3 Å². The zero-order valence-corrected chi connectivity index (χ0v) is 13.9. The van der Waals surface area contributed by atoms with Crippen LogP contribution in [-0.4, -0.2) is 28.8 Å². The first kappa shape index (κ1) is 17.0. The van der Waals surface area contributed by atoms with Crippen LogP contribution in [-0.2, 0) is 16.6 Å². The maximum Gasteiger partial charge on any atom is 0.307 e. The quantitative estimate of drug-likeness (QED) is 0.852. The number of rotatable bonds is 5. The van der Waals surface area contributed by atoms with E-state index in [9.17, 15) is 9.59 Å². The molecule has 0 saturated carbocycles. The van der Waals surface area contributed by atoms with Crippen molar-refractivity contribution in [1.29, 1.82) is 0 Å². The zero-order valence-electron chi connectivity index (χ0n) is 13.2. The lowest BCUT2D eigenvalue weighted by Crippen LogP contribution is -2.31. The number of hydrogen-bond donors (Lipinski definition) is 1. The summed E-state index contributed by atoms with van der Waals surface area (Å²) in [5, 5.41) is 7.36. The molecule has 1 heterocycles. The van der Waals surface area contributed by atoms with Gasteiger partial charge in [0.25, 0.3) is 5.91 Å². The fraction of sp³-hybridized carbons (Fsp3) is 0.312. The summed E-state index contributed by atoms with van der Waals surface area (Å²) in [6, 6.07) is 6.49. The molecule has 1 aromatic carbocycles. The molecule has 0 saturated heterocycles. The highest BCUT2D eigenvalue weighted by atomic mass is 35.5. The summed E-state index contributed by atoms with van der Waals surface area (Å²) < 4.78 is 6.32. The van der Waals surface area contributed by atoms with Gasteiger partial charge in [0.05, 0.1) is 31.3 Å². The molecule has 1 amide bonds. The first-order chi connectivity index (χ1) is 10.9. The molecule has 2 rings (SSSR count). The van der Waals surface area contributed by atoms with Crippen LogP contribution in [0.2, 0.25) is 5.02 Å². The Labute approximate surface area is 139 Å². The molecule has 0 aliphatic heterocycles. The van der Waals surface area contributed by atoms with E-state index in [0.29, 0.717) is 16.1 Å². The molecule has 1 atom stereocenters. The Kier molecular flexibility index (Phi) is 5.39. The number of amides is 1. The summed E-state index contributed by atoms with van der Waals surface area (Å²) in [4.78, 5) is 24.1. The summed E-state index contributed by atoms with van der Waals surface area (Å²) >= 11 is 6.19. The number of carbonyl (C=O) groups is 2. The van der Waals surface area contributed by atoms with Gasteiger partial charge in [0.2, 0.25) is 0 Å². The summed E-state index contributed by atoms with van der Waals surface area (Å²) in [6.45, 7) is 1.80. The Hall–Kier alpha value is -2.34. The number of halogens is 1. The van der Waals surface area contributed by atoms with Crippen molar-refractivity contribution in [2.45, 2.75) is 19.4 Å². The largest absolute Gasteiger partial charge is 0.469 e. The van der Waals surface area contributed by atoms with Gasteiger partial charge in [-0.2, -0.15) is 5.10 Å². The summed E-state index contributed by atoms with van der Waals surface area (Å²) in [6.07, 6.45) is 1.48. The van der Waals surface area contributed by atoms with Gasteiger partial charge in [-0.1, -0.05) is 29.8 Å². The number of nitrogens with one attached hydrogen (secondary N) is 1. The lowest BCUT2D eigenvalue weighted by Gasteiger charge is -2.19. The van der Waals surface area contributed by atoms with E-state index in [2.05, 4.69) is 10.4 Å². The second kappa shape index (κ2) is 7.28. The molecule has 0 unspecified atom stereocenters. The molecule has 0 aliphatic rings. The van der Waals surface area contributed by atoms with E-state index in [1.807, 2.05) is 0 Å². The van der Waals surface area contributed by atoms with Crippen molar-refractivity contribution in [3.63, 3.8) is 0 Å². The Morgan fingerprint density at radius 2 is 2.09 bits per heavy atom. The molecule has 1 N–H and O–H groups in total. The highest BCUT2D eigenvalue weighted by molar-refractivity contribution is 6.31. The zero-order chi connectivity index (χ0) is 17.0. The van der Waals surface area contributed by atoms with Crippen LogP contribution in [0, 0.1) is 6.92 Å². The van der Waals surface area contributed by atoms with Crippen LogP contribution in [0.15, 0.2) is 30.5 Å². The van der Waals surface area contributed by atoms with Crippen molar-refractivity contribution < 1.29 is 14.3 Å². The maximum absolute atomic E-state index is 12.5. The Bertz CT molecular complexity index is 727. The van der Waals surface area contributed by atoms with E-state index in [1.165, 1.54) is 13.3 Å². The summed E-state index contributed by atoms with van der Waals surface area (Å²) in [5.74, 6) is -0.748. The molecule has 2 aromatic rings. The molecule has 122 valence electrons. The number of hydrogen-bond acceptors (Lipinski definition) is 4. The van der Waals surface area contributed by atoms with Gasteiger partial charge in [0, 0.05) is 17.8 Å². The summed E-state index contributed by atoms with van der Waals surface area (Å²) in [5.41, 5.74) is 1.85. The van der Waals surface area contributed by atoms with Crippen molar-refractivity contribution in [2.24, 2.45) is 7.05 Å². The molecule has 1 aromatic heterocycles. The van der Waals surface area contributed by atoms with E-state index < -0.39 is 12.0 Å². The maximum atomic E-state index is 12.5. The molecule has 0 aliphatic carbocycles. The highest BCUT2D eigenvalue weighted by Crippen LogP contribution is 2.26. The molecule has 7 heteroatoms. The number of aromatic nitrogens is 2. The number of methoxy groups -OCH3 is 1. The Morgan fingerprint density at radius 3 is 2.65 bits per heavy atom. The highest BCUT2D eigenvalue weighted by Gasteiger charge is 2.23. The van der Waals surface area contributed by atoms with E-state index in [1.54, 1.807) is 42.9 Å². The van der Waals surface area contributed by atoms with Crippen molar-refractivity contribution >= 4 is 23.5 Å². The van der Waals surface area contributed by atoms with Gasteiger partial charge >= 0.3 is 5.97 Å². The van der Waals surface area contributed by atoms with E-state index >= 15 is 0 Å². The fourth-order valence-electron chi connectivity index (χ4n) is 2.20. The standard InChI is InChI=1S/C16H18ClN3O3/c1-10-12(9-18-20(10)2)16(22)19-14(8-15(21)23-3)11-6-4-5-7-13(11)17/h4-7,9,14H,8H2,1-3H3,(H,19,22)/t14-/m0/s1. The van der Waals surface area contributed by atoms with Crippen molar-refractivity contribution in [3.05, 3.63) is 52.3 Å². The number of benzene rings is 1. The van der Waals surface area contributed by atoms with Gasteiger partial charge < -0.3 is 10.1 Å². The molecule has 0 fully saturated rings. The topological polar surface area (TPSA) is 73.2 Å². The SMILES string of the molecule is COC(=O)C[C@H](NC(=O)c1cnn(C)c1C)c1ccccc1Cl. The third-order valence-corrected chi connectivity index (χ3v) is 4.01. The minimum atomic E-state index is -0.580. The first-order valence-electron chi connectivity index (χ1n) is 7.04. The van der Waals surface area contributed by atoms with Crippen LogP contribution in [0.25, 0.3) is 0 Å². The fourth-order valence-corrected chi connectivity index (χ4v) is 2.47. The number of carbonyl (C=O) groups excluding carboxylic acids is 2. The summed E-state index contributed by atoms with van der Waals surface area (Å²) in [7, 11) is 3.06.